The number of carbonyl (C=O) groups excluding carboxylic acids is 1. The van der Waals surface area contributed by atoms with Crippen molar-refractivity contribution in [2.24, 2.45) is 0 Å². The Morgan fingerprint density at radius 2 is 1.62 bits per heavy atom. The van der Waals surface area contributed by atoms with Crippen LogP contribution in [0.4, 0.5) is 10.1 Å². The van der Waals surface area contributed by atoms with Gasteiger partial charge in [-0.05, 0) is 74.2 Å². The molecule has 2 aliphatic rings. The number of para-hydroxylation sites is 3. The summed E-state index contributed by atoms with van der Waals surface area (Å²) in [5, 5.41) is 34.9. The molecular weight excluding hydrogens is 870 g/mol. The van der Waals surface area contributed by atoms with Crippen LogP contribution in [0.1, 0.15) is 48.6 Å². The molecule has 1 aliphatic carbocycles. The molecule has 1 saturated carbocycles. The summed E-state index contributed by atoms with van der Waals surface area (Å²) in [6.45, 7) is 7.18. The zero-order valence-corrected chi connectivity index (χ0v) is 38.6. The number of aliphatic hydroxyl groups excluding tert-OH is 2. The molecule has 0 bridgehead atoms. The number of carboxylic acid groups (broad SMARTS) is 1. The Bertz CT molecular complexity index is 2520. The fraction of sp³-hybridized carbons (Fsp3) is 0.354. The van der Waals surface area contributed by atoms with E-state index in [-0.39, 0.29) is 18.1 Å². The topological polar surface area (TPSA) is 168 Å². The van der Waals surface area contributed by atoms with E-state index in [1.165, 1.54) is 12.1 Å². The van der Waals surface area contributed by atoms with Crippen LogP contribution in [0.2, 0.25) is 0 Å². The average Bonchev–Trinajstić information content (AvgIpc) is 4.05. The van der Waals surface area contributed by atoms with Crippen LogP contribution < -0.4 is 5.32 Å². The van der Waals surface area contributed by atoms with E-state index in [9.17, 15) is 24.2 Å². The maximum Gasteiger partial charge on any atom is 0.305 e. The second-order valence-corrected chi connectivity index (χ2v) is 18.6. The monoisotopic (exact) mass is 923 g/mol. The van der Waals surface area contributed by atoms with Crippen molar-refractivity contribution in [2.45, 2.75) is 65.8 Å². The number of carbonyl (C=O) groups is 2. The first-order valence-corrected chi connectivity index (χ1v) is 24.8. The molecule has 8 rings (SSSR count). The minimum atomic E-state index is -1.13. The Morgan fingerprint density at radius 1 is 0.922 bits per heavy atom. The number of hydrogen-bond acceptors (Lipinski definition) is 12. The van der Waals surface area contributed by atoms with Gasteiger partial charge in [0.1, 0.15) is 10.8 Å². The highest BCUT2D eigenvalue weighted by molar-refractivity contribution is 7.99. The molecule has 2 fully saturated rings. The Labute approximate surface area is 385 Å². The number of imidazole rings is 1. The van der Waals surface area contributed by atoms with Crippen LogP contribution in [-0.4, -0.2) is 127 Å². The maximum atomic E-state index is 13.6. The maximum absolute atomic E-state index is 13.6. The highest BCUT2D eigenvalue weighted by Crippen LogP contribution is 2.45. The number of nitrogens with zero attached hydrogens (tertiary/aromatic N) is 5. The number of aliphatic carboxylic acids is 1. The van der Waals surface area contributed by atoms with Gasteiger partial charge in [0.05, 0.1) is 53.1 Å². The van der Waals surface area contributed by atoms with Crippen LogP contribution in [0.25, 0.3) is 39.1 Å². The van der Waals surface area contributed by atoms with Crippen molar-refractivity contribution in [1.29, 1.82) is 0 Å². The Kier molecular flexibility index (Phi) is 16.5. The van der Waals surface area contributed by atoms with Crippen molar-refractivity contribution in [3.8, 4) is 11.1 Å². The lowest BCUT2D eigenvalue weighted by Crippen LogP contribution is -2.49. The largest absolute Gasteiger partial charge is 0.481 e. The zero-order chi connectivity index (χ0) is 45.2. The van der Waals surface area contributed by atoms with E-state index in [4.69, 9.17) is 10.1 Å². The second-order valence-electron chi connectivity index (χ2n) is 15.9. The van der Waals surface area contributed by atoms with Gasteiger partial charge in [-0.2, -0.15) is 0 Å². The van der Waals surface area contributed by atoms with Crippen molar-refractivity contribution in [3.63, 3.8) is 0 Å². The van der Waals surface area contributed by atoms with Gasteiger partial charge < -0.3 is 25.6 Å². The molecule has 1 aliphatic heterocycles. The number of carboxylic acids is 1. The van der Waals surface area contributed by atoms with E-state index in [2.05, 4.69) is 36.1 Å². The first-order valence-electron chi connectivity index (χ1n) is 21.3. The molecule has 5 N–H and O–H groups in total. The lowest BCUT2D eigenvalue weighted by molar-refractivity contribution is -0.139. The SMILES string of the molecule is CSc1cc(C)nc(SC)c1NC(=O)CN1CCN(CCSc2nc3ccccc3[nH]2)CC1.O=C(O)C[C@H](O)C[C@H](O)/C=C/c1c(C2CC2)nc2ccccc2c1-c1ccc(F)cc1. The highest BCUT2D eigenvalue weighted by atomic mass is 32.2. The molecule has 336 valence electrons. The smallest absolute Gasteiger partial charge is 0.305 e. The summed E-state index contributed by atoms with van der Waals surface area (Å²) in [4.78, 5) is 46.7. The first kappa shape index (κ1) is 47.2. The number of rotatable bonds is 17. The summed E-state index contributed by atoms with van der Waals surface area (Å²) >= 11 is 4.97. The molecule has 16 heteroatoms. The first-order chi connectivity index (χ1) is 31.0. The molecule has 64 heavy (non-hydrogen) atoms. The number of aliphatic hydroxyl groups is 2. The number of benzene rings is 3. The van der Waals surface area contributed by atoms with Gasteiger partial charge in [0.15, 0.2) is 5.16 Å². The Morgan fingerprint density at radius 3 is 2.31 bits per heavy atom. The molecule has 4 heterocycles. The summed E-state index contributed by atoms with van der Waals surface area (Å²) < 4.78 is 13.6. The lowest BCUT2D eigenvalue weighted by Gasteiger charge is -2.34. The molecule has 1 saturated heterocycles. The number of piperazine rings is 1. The molecule has 6 aromatic rings. The van der Waals surface area contributed by atoms with Gasteiger partial charge in [-0.1, -0.05) is 66.4 Å². The Balaban J connectivity index is 0.000000192. The predicted octanol–water partition coefficient (Wildman–Crippen LogP) is 8.58. The molecule has 3 aromatic heterocycles. The van der Waals surface area contributed by atoms with Gasteiger partial charge in [0, 0.05) is 77.9 Å². The van der Waals surface area contributed by atoms with Gasteiger partial charge in [0.2, 0.25) is 5.91 Å². The normalized spacial score (nSPS) is 15.6. The van der Waals surface area contributed by atoms with E-state index < -0.39 is 24.6 Å². The number of halogens is 1. The van der Waals surface area contributed by atoms with Crippen molar-refractivity contribution in [3.05, 3.63) is 108 Å². The number of thioether (sulfide) groups is 3. The van der Waals surface area contributed by atoms with E-state index in [1.807, 2.05) is 68.0 Å². The zero-order valence-electron chi connectivity index (χ0n) is 36.2. The average molecular weight is 924 g/mol. The van der Waals surface area contributed by atoms with Gasteiger partial charge in [0.25, 0.3) is 0 Å². The molecule has 0 unspecified atom stereocenters. The number of fused-ring (bicyclic) bond motifs is 2. The summed E-state index contributed by atoms with van der Waals surface area (Å²) in [7, 11) is 0. The van der Waals surface area contributed by atoms with Crippen LogP contribution in [-0.2, 0) is 9.59 Å². The molecule has 0 radical (unpaired) electrons. The minimum absolute atomic E-state index is 0.0279. The number of pyridine rings is 2. The number of nitrogens with one attached hydrogen (secondary N) is 2. The number of amides is 1. The van der Waals surface area contributed by atoms with Crippen molar-refractivity contribution in [1.82, 2.24) is 29.7 Å². The number of aromatic amines is 1. The van der Waals surface area contributed by atoms with Crippen molar-refractivity contribution < 1.29 is 29.3 Å². The van der Waals surface area contributed by atoms with Gasteiger partial charge in [-0.15, -0.1) is 23.5 Å². The van der Waals surface area contributed by atoms with Gasteiger partial charge in [-0.25, -0.2) is 14.4 Å². The fourth-order valence-corrected chi connectivity index (χ4v) is 9.91. The van der Waals surface area contributed by atoms with E-state index >= 15 is 0 Å². The van der Waals surface area contributed by atoms with Crippen molar-refractivity contribution >= 4 is 80.9 Å². The second kappa shape index (κ2) is 22.4. The Hall–Kier alpha value is -4.81. The van der Waals surface area contributed by atoms with Crippen LogP contribution >= 0.6 is 35.3 Å². The summed E-state index contributed by atoms with van der Waals surface area (Å²) in [5.74, 6) is -0.0739. The standard InChI is InChI=1S/C25H24FNO4.C23H30N6OS3/c26-17-9-7-15(8-10-17)24-20-3-1-2-4-22(20)27-25(16-5-6-16)21(24)12-11-18(28)13-19(29)14-23(30)31;1-16-14-19(31-2)21(22(24-16)32-3)27-20(30)15-29-10-8-28(9-11-29)12-13-33-23-25-17-6-4-5-7-18(17)26-23/h1-4,7-12,16,18-19,28-29H,5-6,13-14H2,(H,30,31);4-7,14H,8-13,15H2,1-3H3,(H,25,26)(H,27,30)/b12-11+;/t18-,19-;/m1./s1. The number of anilines is 1. The number of H-pyrrole nitrogens is 1. The van der Waals surface area contributed by atoms with Gasteiger partial charge >= 0.3 is 5.97 Å². The third-order valence-corrected chi connectivity index (χ3v) is 13.4. The number of aromatic nitrogens is 4. The lowest BCUT2D eigenvalue weighted by atomic mass is 9.92. The highest BCUT2D eigenvalue weighted by Gasteiger charge is 2.30. The molecular formula is C48H54FN7O5S3. The van der Waals surface area contributed by atoms with Crippen LogP contribution in [0.3, 0.4) is 0 Å². The molecule has 12 nitrogen and oxygen atoms in total. The third kappa shape index (κ3) is 12.7. The summed E-state index contributed by atoms with van der Waals surface area (Å²) in [5.41, 5.74) is 8.34. The molecule has 1 amide bonds. The minimum Gasteiger partial charge on any atom is -0.481 e. The number of aryl methyl sites for hydroxylation is 1. The van der Waals surface area contributed by atoms with Crippen LogP contribution in [0.5, 0.6) is 0 Å². The van der Waals surface area contributed by atoms with Crippen LogP contribution in [0.15, 0.2) is 100 Å². The quantitative estimate of drug-likeness (QED) is 0.0553. The molecule has 2 atom stereocenters. The van der Waals surface area contributed by atoms with Gasteiger partial charge in [-0.3, -0.25) is 24.4 Å². The van der Waals surface area contributed by atoms with Crippen LogP contribution in [0, 0.1) is 12.7 Å². The number of hydrogen-bond donors (Lipinski definition) is 5. The van der Waals surface area contributed by atoms with E-state index in [0.717, 1.165) is 122 Å². The molecule has 0 spiro atoms. The van der Waals surface area contributed by atoms with Crippen molar-refractivity contribution in [2.75, 3.05) is 62.8 Å². The predicted molar refractivity (Wildman–Crippen MR) is 258 cm³/mol. The summed E-state index contributed by atoms with van der Waals surface area (Å²) in [6, 6.07) is 24.3. The third-order valence-electron chi connectivity index (χ3n) is 11.1. The van der Waals surface area contributed by atoms with E-state index in [0.29, 0.717) is 12.5 Å². The fourth-order valence-electron chi connectivity index (χ4n) is 7.72. The molecule has 3 aromatic carbocycles. The summed E-state index contributed by atoms with van der Waals surface area (Å²) in [6.07, 6.45) is 6.82. The van der Waals surface area contributed by atoms with E-state index in [1.54, 1.807) is 59.6 Å².